The van der Waals surface area contributed by atoms with Gasteiger partial charge in [0.2, 0.25) is 5.95 Å². The van der Waals surface area contributed by atoms with Gasteiger partial charge in [-0.1, -0.05) is 0 Å². The number of hydrogen-bond acceptors (Lipinski definition) is 4. The minimum Gasteiger partial charge on any atom is -0.465 e. The topological polar surface area (TPSA) is 68.3 Å². The van der Waals surface area contributed by atoms with Gasteiger partial charge >= 0.3 is 5.97 Å². The highest BCUT2D eigenvalue weighted by molar-refractivity contribution is 6.04. The maximum Gasteiger partial charge on any atom is 0.337 e. The van der Waals surface area contributed by atoms with Crippen molar-refractivity contribution in [3.63, 3.8) is 0 Å². The van der Waals surface area contributed by atoms with Crippen molar-refractivity contribution >= 4 is 17.6 Å². The van der Waals surface area contributed by atoms with Crippen molar-refractivity contribution in [3.8, 4) is 0 Å². The van der Waals surface area contributed by atoms with E-state index in [-0.39, 0.29) is 16.8 Å². The molecular weight excluding hydrogens is 282 g/mol. The van der Waals surface area contributed by atoms with Gasteiger partial charge in [0, 0.05) is 17.8 Å². The number of rotatable bonds is 3. The third-order valence-corrected chi connectivity index (χ3v) is 2.62. The van der Waals surface area contributed by atoms with E-state index in [0.717, 1.165) is 24.4 Å². The van der Waals surface area contributed by atoms with Gasteiger partial charge in [0.05, 0.1) is 18.4 Å². The van der Waals surface area contributed by atoms with Gasteiger partial charge < -0.3 is 10.1 Å². The first-order valence-electron chi connectivity index (χ1n) is 5.82. The lowest BCUT2D eigenvalue weighted by atomic mass is 10.2. The monoisotopic (exact) mass is 292 g/mol. The number of anilines is 1. The molecule has 0 saturated carbocycles. The summed E-state index contributed by atoms with van der Waals surface area (Å²) in [6.07, 6.45) is 1.12. The first kappa shape index (κ1) is 14.6. The molecule has 0 bridgehead atoms. The molecule has 0 fully saturated rings. The van der Waals surface area contributed by atoms with Crippen LogP contribution in [-0.4, -0.2) is 24.0 Å². The number of carbonyl (C=O) groups is 2. The number of carbonyl (C=O) groups excluding carboxylic acids is 2. The molecule has 0 aliphatic carbocycles. The maximum absolute atomic E-state index is 13.6. The van der Waals surface area contributed by atoms with Crippen molar-refractivity contribution in [1.82, 2.24) is 4.98 Å². The zero-order valence-corrected chi connectivity index (χ0v) is 10.9. The van der Waals surface area contributed by atoms with Crippen molar-refractivity contribution < 1.29 is 23.1 Å². The number of pyridine rings is 1. The molecule has 108 valence electrons. The summed E-state index contributed by atoms with van der Waals surface area (Å²) in [6.45, 7) is 0. The number of esters is 1. The van der Waals surface area contributed by atoms with E-state index in [4.69, 9.17) is 0 Å². The third kappa shape index (κ3) is 3.38. The molecule has 0 radical (unpaired) electrons. The summed E-state index contributed by atoms with van der Waals surface area (Å²) >= 11 is 0. The van der Waals surface area contributed by atoms with E-state index in [1.807, 2.05) is 0 Å². The zero-order chi connectivity index (χ0) is 15.4. The summed E-state index contributed by atoms with van der Waals surface area (Å²) in [5.74, 6) is -2.95. The van der Waals surface area contributed by atoms with Crippen LogP contribution < -0.4 is 5.32 Å². The Morgan fingerprint density at radius 2 is 1.90 bits per heavy atom. The van der Waals surface area contributed by atoms with E-state index in [9.17, 15) is 18.4 Å². The summed E-state index contributed by atoms with van der Waals surface area (Å²) in [4.78, 5) is 26.6. The van der Waals surface area contributed by atoms with Crippen LogP contribution in [0.1, 0.15) is 20.7 Å². The summed E-state index contributed by atoms with van der Waals surface area (Å²) in [5, 5.41) is 2.26. The molecule has 0 spiro atoms. The maximum atomic E-state index is 13.6. The Morgan fingerprint density at radius 1 is 1.14 bits per heavy atom. The van der Waals surface area contributed by atoms with Crippen LogP contribution in [0.2, 0.25) is 0 Å². The second-order valence-electron chi connectivity index (χ2n) is 4.01. The molecule has 0 aliphatic rings. The van der Waals surface area contributed by atoms with Crippen molar-refractivity contribution in [2.75, 3.05) is 12.4 Å². The molecular formula is C14H10F2N2O3. The zero-order valence-electron chi connectivity index (χ0n) is 10.9. The van der Waals surface area contributed by atoms with E-state index < -0.39 is 23.6 Å². The van der Waals surface area contributed by atoms with Gasteiger partial charge in [0.25, 0.3) is 5.91 Å². The molecule has 1 amide bonds. The van der Waals surface area contributed by atoms with Gasteiger partial charge in [-0.25, -0.2) is 14.2 Å². The number of ether oxygens (including phenoxy) is 1. The fourth-order valence-electron chi connectivity index (χ4n) is 1.60. The molecule has 0 unspecified atom stereocenters. The average molecular weight is 292 g/mol. The Kier molecular flexibility index (Phi) is 4.22. The SMILES string of the molecule is COC(=O)c1ccc(F)c(NC(=O)c2ccnc(F)c2)c1. The number of nitrogens with one attached hydrogen (secondary N) is 1. The molecule has 2 rings (SSSR count). The lowest BCUT2D eigenvalue weighted by Crippen LogP contribution is -2.14. The van der Waals surface area contributed by atoms with Crippen LogP contribution in [0, 0.1) is 11.8 Å². The number of hydrogen-bond donors (Lipinski definition) is 1. The van der Waals surface area contributed by atoms with Crippen LogP contribution in [0.3, 0.4) is 0 Å². The van der Waals surface area contributed by atoms with Gasteiger partial charge in [0.1, 0.15) is 5.82 Å². The largest absolute Gasteiger partial charge is 0.465 e. The highest BCUT2D eigenvalue weighted by Crippen LogP contribution is 2.18. The summed E-state index contributed by atoms with van der Waals surface area (Å²) in [5.41, 5.74) is -0.152. The van der Waals surface area contributed by atoms with E-state index >= 15 is 0 Å². The molecule has 0 atom stereocenters. The predicted molar refractivity (Wildman–Crippen MR) is 69.9 cm³/mol. The Morgan fingerprint density at radius 3 is 2.57 bits per heavy atom. The molecule has 0 aliphatic heterocycles. The van der Waals surface area contributed by atoms with Crippen molar-refractivity contribution in [2.24, 2.45) is 0 Å². The Hall–Kier alpha value is -2.83. The molecule has 0 saturated heterocycles. The number of aromatic nitrogens is 1. The highest BCUT2D eigenvalue weighted by Gasteiger charge is 2.13. The molecule has 1 aromatic heterocycles. The van der Waals surface area contributed by atoms with Crippen molar-refractivity contribution in [2.45, 2.75) is 0 Å². The van der Waals surface area contributed by atoms with Crippen molar-refractivity contribution in [3.05, 3.63) is 59.4 Å². The molecule has 1 heterocycles. The quantitative estimate of drug-likeness (QED) is 0.696. The number of halogens is 2. The second-order valence-corrected chi connectivity index (χ2v) is 4.01. The lowest BCUT2D eigenvalue weighted by Gasteiger charge is -2.08. The second kappa shape index (κ2) is 6.08. The lowest BCUT2D eigenvalue weighted by molar-refractivity contribution is 0.0600. The van der Waals surface area contributed by atoms with Gasteiger partial charge in [0.15, 0.2) is 0 Å². The first-order chi connectivity index (χ1) is 10.0. The first-order valence-corrected chi connectivity index (χ1v) is 5.82. The van der Waals surface area contributed by atoms with Gasteiger partial charge in [-0.15, -0.1) is 0 Å². The van der Waals surface area contributed by atoms with Crippen LogP contribution in [0.25, 0.3) is 0 Å². The minimum atomic E-state index is -0.827. The van der Waals surface area contributed by atoms with Gasteiger partial charge in [-0.2, -0.15) is 4.39 Å². The van der Waals surface area contributed by atoms with Gasteiger partial charge in [-0.05, 0) is 24.3 Å². The molecule has 1 N–H and O–H groups in total. The fraction of sp³-hybridized carbons (Fsp3) is 0.0714. The number of amides is 1. The number of methoxy groups -OCH3 is 1. The molecule has 1 aromatic carbocycles. The molecule has 7 heteroatoms. The Balaban J connectivity index is 2.26. The smallest absolute Gasteiger partial charge is 0.337 e. The third-order valence-electron chi connectivity index (χ3n) is 2.62. The predicted octanol–water partition coefficient (Wildman–Crippen LogP) is 2.40. The average Bonchev–Trinajstić information content (AvgIpc) is 2.48. The van der Waals surface area contributed by atoms with E-state index in [1.165, 1.54) is 19.2 Å². The fourth-order valence-corrected chi connectivity index (χ4v) is 1.60. The molecule has 2 aromatic rings. The van der Waals surface area contributed by atoms with Gasteiger partial charge in [-0.3, -0.25) is 4.79 Å². The summed E-state index contributed by atoms with van der Waals surface area (Å²) < 4.78 is 31.1. The Bertz CT molecular complexity index is 704. The normalized spacial score (nSPS) is 10.0. The summed E-state index contributed by atoms with van der Waals surface area (Å²) in [7, 11) is 1.18. The van der Waals surface area contributed by atoms with Crippen LogP contribution in [0.15, 0.2) is 36.5 Å². The molecule has 21 heavy (non-hydrogen) atoms. The molecule has 5 nitrogen and oxygen atoms in total. The minimum absolute atomic E-state index is 0.0228. The van der Waals surface area contributed by atoms with Crippen LogP contribution in [0.4, 0.5) is 14.5 Å². The summed E-state index contributed by atoms with van der Waals surface area (Å²) in [6, 6.07) is 5.58. The number of benzene rings is 1. The Labute approximate surface area is 118 Å². The standard InChI is InChI=1S/C14H10F2N2O3/c1-21-14(20)9-2-3-10(15)11(6-9)18-13(19)8-4-5-17-12(16)7-8/h2-7H,1H3,(H,18,19). The van der Waals surface area contributed by atoms with Crippen LogP contribution >= 0.6 is 0 Å². The number of nitrogens with zero attached hydrogens (tertiary/aromatic N) is 1. The van der Waals surface area contributed by atoms with Crippen molar-refractivity contribution in [1.29, 1.82) is 0 Å². The van der Waals surface area contributed by atoms with E-state index in [0.29, 0.717) is 0 Å². The van der Waals surface area contributed by atoms with E-state index in [1.54, 1.807) is 0 Å². The van der Waals surface area contributed by atoms with Crippen LogP contribution in [-0.2, 0) is 4.74 Å². The highest BCUT2D eigenvalue weighted by atomic mass is 19.1. The van der Waals surface area contributed by atoms with E-state index in [2.05, 4.69) is 15.0 Å². The van der Waals surface area contributed by atoms with Crippen LogP contribution in [0.5, 0.6) is 0 Å².